The summed E-state index contributed by atoms with van der Waals surface area (Å²) in [6.45, 7) is 1.90. The minimum absolute atomic E-state index is 0.747. The second-order valence-corrected chi connectivity index (χ2v) is 3.46. The molecule has 2 N–H and O–H groups in total. The summed E-state index contributed by atoms with van der Waals surface area (Å²) in [5.74, 6) is 0. The molecule has 0 saturated carbocycles. The van der Waals surface area contributed by atoms with Gasteiger partial charge in [0.25, 0.3) is 0 Å². The Balaban J connectivity index is 2.95. The van der Waals surface area contributed by atoms with Crippen molar-refractivity contribution in [2.45, 2.75) is 6.92 Å². The highest BCUT2D eigenvalue weighted by atomic mass is 79.9. The molecule has 0 atom stereocenters. The molecule has 0 fully saturated rings. The summed E-state index contributed by atoms with van der Waals surface area (Å²) in [5.41, 5.74) is 8.36. The van der Waals surface area contributed by atoms with Gasteiger partial charge in [-0.25, -0.2) is 4.52 Å². The van der Waals surface area contributed by atoms with Crippen LogP contribution in [0.2, 0.25) is 0 Å². The van der Waals surface area contributed by atoms with Crippen LogP contribution >= 0.6 is 15.9 Å². The molecule has 2 rings (SSSR count). The van der Waals surface area contributed by atoms with E-state index in [2.05, 4.69) is 21.0 Å². The highest BCUT2D eigenvalue weighted by Gasteiger charge is 2.05. The Labute approximate surface area is 78.3 Å². The van der Waals surface area contributed by atoms with E-state index in [0.717, 1.165) is 21.5 Å². The Morgan fingerprint density at radius 3 is 2.92 bits per heavy atom. The van der Waals surface area contributed by atoms with Crippen LogP contribution in [0.5, 0.6) is 0 Å². The first-order valence-electron chi connectivity index (χ1n) is 3.59. The third kappa shape index (κ3) is 0.914. The normalized spacial score (nSPS) is 10.8. The molecule has 0 saturated heterocycles. The van der Waals surface area contributed by atoms with Gasteiger partial charge in [-0.2, -0.15) is 5.10 Å². The third-order valence-corrected chi connectivity index (χ3v) is 2.43. The minimum Gasteiger partial charge on any atom is -0.395 e. The van der Waals surface area contributed by atoms with Crippen LogP contribution in [0.25, 0.3) is 5.52 Å². The van der Waals surface area contributed by atoms with Gasteiger partial charge in [-0.1, -0.05) is 6.07 Å². The average molecular weight is 226 g/mol. The van der Waals surface area contributed by atoms with Gasteiger partial charge in [0.15, 0.2) is 0 Å². The Kier molecular flexibility index (Phi) is 1.58. The predicted octanol–water partition coefficient (Wildman–Crippen LogP) is 1.99. The van der Waals surface area contributed by atoms with Crippen LogP contribution in [0.4, 0.5) is 5.69 Å². The average Bonchev–Trinajstić information content (AvgIpc) is 2.32. The van der Waals surface area contributed by atoms with Gasteiger partial charge >= 0.3 is 0 Å². The molecule has 0 aromatic carbocycles. The number of anilines is 1. The number of rotatable bonds is 0. The molecule has 3 nitrogen and oxygen atoms in total. The maximum atomic E-state index is 5.80. The molecule has 12 heavy (non-hydrogen) atoms. The van der Waals surface area contributed by atoms with Gasteiger partial charge < -0.3 is 5.73 Å². The number of hydrogen-bond donors (Lipinski definition) is 1. The van der Waals surface area contributed by atoms with Gasteiger partial charge in [0.05, 0.1) is 16.9 Å². The van der Waals surface area contributed by atoms with E-state index in [-0.39, 0.29) is 0 Å². The van der Waals surface area contributed by atoms with E-state index in [1.807, 2.05) is 25.1 Å². The lowest BCUT2D eigenvalue weighted by atomic mass is 10.3. The smallest absolute Gasteiger partial charge is 0.108 e. The highest BCUT2D eigenvalue weighted by Crippen LogP contribution is 2.20. The lowest BCUT2D eigenvalue weighted by Gasteiger charge is -1.94. The molecule has 4 heteroatoms. The largest absolute Gasteiger partial charge is 0.395 e. The van der Waals surface area contributed by atoms with Gasteiger partial charge in [0.1, 0.15) is 4.60 Å². The Morgan fingerprint density at radius 1 is 1.50 bits per heavy atom. The van der Waals surface area contributed by atoms with Gasteiger partial charge in [0.2, 0.25) is 0 Å². The number of nitrogens with two attached hydrogens (primary N) is 1. The van der Waals surface area contributed by atoms with Gasteiger partial charge in [-0.3, -0.25) is 0 Å². The standard InChI is InChI=1S/C8H8BrN3/c1-5-8(10)6-3-2-4-7(9)12(6)11-5/h2-4H,10H2,1H3. The van der Waals surface area contributed by atoms with Crippen LogP contribution < -0.4 is 5.73 Å². The van der Waals surface area contributed by atoms with Crippen LogP contribution in [-0.2, 0) is 0 Å². The number of halogens is 1. The van der Waals surface area contributed by atoms with E-state index in [9.17, 15) is 0 Å². The monoisotopic (exact) mass is 225 g/mol. The molecule has 2 aromatic rings. The molecule has 2 heterocycles. The first-order valence-corrected chi connectivity index (χ1v) is 4.39. The van der Waals surface area contributed by atoms with E-state index in [1.165, 1.54) is 0 Å². The number of aryl methyl sites for hydroxylation is 1. The number of aromatic nitrogens is 2. The number of pyridine rings is 1. The van der Waals surface area contributed by atoms with Crippen LogP contribution in [0.1, 0.15) is 5.69 Å². The van der Waals surface area contributed by atoms with Gasteiger partial charge in [-0.05, 0) is 35.0 Å². The molecule has 0 spiro atoms. The number of nitrogens with zero attached hydrogens (tertiary/aromatic N) is 2. The SMILES string of the molecule is Cc1nn2c(Br)cccc2c1N. The van der Waals surface area contributed by atoms with Crippen LogP contribution in [0.3, 0.4) is 0 Å². The second kappa shape index (κ2) is 2.48. The molecule has 0 amide bonds. The van der Waals surface area contributed by atoms with E-state index in [1.54, 1.807) is 4.52 Å². The molecular weight excluding hydrogens is 218 g/mol. The second-order valence-electron chi connectivity index (χ2n) is 2.64. The van der Waals surface area contributed by atoms with E-state index in [4.69, 9.17) is 5.73 Å². The van der Waals surface area contributed by atoms with Crippen molar-refractivity contribution in [2.24, 2.45) is 0 Å². The number of hydrogen-bond acceptors (Lipinski definition) is 2. The van der Waals surface area contributed by atoms with Gasteiger partial charge in [0, 0.05) is 0 Å². The predicted molar refractivity (Wildman–Crippen MR) is 52.0 cm³/mol. The molecule has 0 aliphatic heterocycles. The number of fused-ring (bicyclic) bond motifs is 1. The maximum Gasteiger partial charge on any atom is 0.108 e. The van der Waals surface area contributed by atoms with Crippen LogP contribution in [0, 0.1) is 6.92 Å². The molecule has 0 radical (unpaired) electrons. The van der Waals surface area contributed by atoms with E-state index < -0.39 is 0 Å². The summed E-state index contributed by atoms with van der Waals surface area (Å²) in [4.78, 5) is 0. The fourth-order valence-corrected chi connectivity index (χ4v) is 1.59. The topological polar surface area (TPSA) is 43.3 Å². The molecular formula is C8H8BrN3. The molecule has 0 unspecified atom stereocenters. The quantitative estimate of drug-likeness (QED) is 0.698. The van der Waals surface area contributed by atoms with Crippen molar-refractivity contribution in [1.29, 1.82) is 0 Å². The summed E-state index contributed by atoms with van der Waals surface area (Å²) < 4.78 is 2.70. The first-order chi connectivity index (χ1) is 5.70. The molecule has 0 aliphatic rings. The van der Waals surface area contributed by atoms with Crippen molar-refractivity contribution >= 4 is 27.1 Å². The summed E-state index contributed by atoms with van der Waals surface area (Å²) in [6.07, 6.45) is 0. The Bertz CT molecular complexity index is 433. The zero-order valence-electron chi connectivity index (χ0n) is 6.58. The lowest BCUT2D eigenvalue weighted by molar-refractivity contribution is 0.912. The fraction of sp³-hybridized carbons (Fsp3) is 0.125. The lowest BCUT2D eigenvalue weighted by Crippen LogP contribution is -1.88. The molecule has 2 aromatic heterocycles. The maximum absolute atomic E-state index is 5.80. The van der Waals surface area contributed by atoms with E-state index in [0.29, 0.717) is 0 Å². The summed E-state index contributed by atoms with van der Waals surface area (Å²) in [6, 6.07) is 5.82. The van der Waals surface area contributed by atoms with Crippen molar-refractivity contribution < 1.29 is 0 Å². The summed E-state index contributed by atoms with van der Waals surface area (Å²) in [7, 11) is 0. The Hall–Kier alpha value is -1.03. The summed E-state index contributed by atoms with van der Waals surface area (Å²) in [5, 5.41) is 4.26. The molecule has 0 aliphatic carbocycles. The summed E-state index contributed by atoms with van der Waals surface area (Å²) >= 11 is 3.39. The Morgan fingerprint density at radius 2 is 2.25 bits per heavy atom. The minimum atomic E-state index is 0.747. The molecule has 62 valence electrons. The van der Waals surface area contributed by atoms with Crippen molar-refractivity contribution in [2.75, 3.05) is 5.73 Å². The third-order valence-electron chi connectivity index (χ3n) is 1.83. The van der Waals surface area contributed by atoms with Crippen molar-refractivity contribution in [3.05, 3.63) is 28.5 Å². The number of nitrogen functional groups attached to an aromatic ring is 1. The van der Waals surface area contributed by atoms with Crippen LogP contribution in [-0.4, -0.2) is 9.61 Å². The zero-order chi connectivity index (χ0) is 8.72. The zero-order valence-corrected chi connectivity index (χ0v) is 8.17. The van der Waals surface area contributed by atoms with Crippen molar-refractivity contribution in [3.8, 4) is 0 Å². The van der Waals surface area contributed by atoms with Gasteiger partial charge in [-0.15, -0.1) is 0 Å². The van der Waals surface area contributed by atoms with Crippen LogP contribution in [0.15, 0.2) is 22.8 Å². The highest BCUT2D eigenvalue weighted by molar-refractivity contribution is 9.10. The molecule has 0 bridgehead atoms. The van der Waals surface area contributed by atoms with E-state index >= 15 is 0 Å². The fourth-order valence-electron chi connectivity index (χ4n) is 1.17. The van der Waals surface area contributed by atoms with Crippen molar-refractivity contribution in [3.63, 3.8) is 0 Å². The van der Waals surface area contributed by atoms with Crippen molar-refractivity contribution in [1.82, 2.24) is 9.61 Å². The first kappa shape index (κ1) is 7.61.